The summed E-state index contributed by atoms with van der Waals surface area (Å²) in [4.78, 5) is 4.86. The SMILES string of the molecule is CC1CN(C)CCCN1Cc1c(N)cccc1Cl. The summed E-state index contributed by atoms with van der Waals surface area (Å²) in [5.74, 6) is 0. The fraction of sp³-hybridized carbons (Fsp3) is 0.571. The minimum absolute atomic E-state index is 0.535. The van der Waals surface area contributed by atoms with Crippen LogP contribution in [-0.4, -0.2) is 42.5 Å². The van der Waals surface area contributed by atoms with E-state index in [1.807, 2.05) is 18.2 Å². The minimum atomic E-state index is 0.535. The topological polar surface area (TPSA) is 32.5 Å². The van der Waals surface area contributed by atoms with Gasteiger partial charge in [-0.05, 0) is 39.1 Å². The van der Waals surface area contributed by atoms with Crippen LogP contribution in [0.4, 0.5) is 5.69 Å². The summed E-state index contributed by atoms with van der Waals surface area (Å²) in [5, 5.41) is 0.778. The number of nitrogen functional groups attached to an aromatic ring is 1. The highest BCUT2D eigenvalue weighted by Crippen LogP contribution is 2.25. The standard InChI is InChI=1S/C14H22ClN3/c1-11-9-17(2)7-4-8-18(11)10-12-13(15)5-3-6-14(12)16/h3,5-6,11H,4,7-10,16H2,1-2H3. The van der Waals surface area contributed by atoms with E-state index >= 15 is 0 Å². The Labute approximate surface area is 115 Å². The molecule has 1 heterocycles. The Bertz CT molecular complexity index is 388. The van der Waals surface area contributed by atoms with Crippen LogP contribution in [0.15, 0.2) is 18.2 Å². The number of halogens is 1. The number of anilines is 1. The van der Waals surface area contributed by atoms with Crippen LogP contribution < -0.4 is 5.73 Å². The van der Waals surface area contributed by atoms with Gasteiger partial charge in [0.05, 0.1) is 0 Å². The number of hydrogen-bond donors (Lipinski definition) is 1. The predicted octanol–water partition coefficient (Wildman–Crippen LogP) is 2.45. The molecule has 0 radical (unpaired) electrons. The summed E-state index contributed by atoms with van der Waals surface area (Å²) < 4.78 is 0. The Morgan fingerprint density at radius 1 is 1.39 bits per heavy atom. The molecular formula is C14H22ClN3. The maximum Gasteiger partial charge on any atom is 0.0471 e. The Balaban J connectivity index is 2.12. The molecule has 100 valence electrons. The fourth-order valence-electron chi connectivity index (χ4n) is 2.60. The lowest BCUT2D eigenvalue weighted by Gasteiger charge is -2.28. The lowest BCUT2D eigenvalue weighted by Crippen LogP contribution is -2.37. The lowest BCUT2D eigenvalue weighted by atomic mass is 10.1. The van der Waals surface area contributed by atoms with Gasteiger partial charge in [0.2, 0.25) is 0 Å². The predicted molar refractivity (Wildman–Crippen MR) is 77.9 cm³/mol. The molecule has 1 aromatic rings. The highest BCUT2D eigenvalue weighted by molar-refractivity contribution is 6.31. The molecule has 0 aromatic heterocycles. The molecule has 0 spiro atoms. The van der Waals surface area contributed by atoms with Crippen LogP contribution in [0.5, 0.6) is 0 Å². The second-order valence-corrected chi connectivity index (χ2v) is 5.65. The van der Waals surface area contributed by atoms with Crippen LogP contribution in [0.2, 0.25) is 5.02 Å². The van der Waals surface area contributed by atoms with Crippen molar-refractivity contribution in [2.24, 2.45) is 0 Å². The van der Waals surface area contributed by atoms with Gasteiger partial charge in [-0.2, -0.15) is 0 Å². The smallest absolute Gasteiger partial charge is 0.0471 e. The minimum Gasteiger partial charge on any atom is -0.398 e. The number of hydrogen-bond acceptors (Lipinski definition) is 3. The monoisotopic (exact) mass is 267 g/mol. The van der Waals surface area contributed by atoms with Crippen molar-refractivity contribution in [1.82, 2.24) is 9.80 Å². The summed E-state index contributed by atoms with van der Waals surface area (Å²) in [6.07, 6.45) is 1.20. The third kappa shape index (κ3) is 3.16. The number of nitrogens with zero attached hydrogens (tertiary/aromatic N) is 2. The Morgan fingerprint density at radius 3 is 2.89 bits per heavy atom. The molecule has 2 N–H and O–H groups in total. The maximum absolute atomic E-state index is 6.25. The molecule has 1 unspecified atom stereocenters. The van der Waals surface area contributed by atoms with Gasteiger partial charge < -0.3 is 10.6 Å². The quantitative estimate of drug-likeness (QED) is 0.836. The van der Waals surface area contributed by atoms with Gasteiger partial charge in [0, 0.05) is 41.9 Å². The zero-order valence-corrected chi connectivity index (χ0v) is 12.0. The zero-order chi connectivity index (χ0) is 13.1. The van der Waals surface area contributed by atoms with Crippen LogP contribution in [0.3, 0.4) is 0 Å². The summed E-state index contributed by atoms with van der Waals surface area (Å²) in [5.41, 5.74) is 7.89. The molecule has 1 aliphatic heterocycles. The van der Waals surface area contributed by atoms with E-state index in [-0.39, 0.29) is 0 Å². The van der Waals surface area contributed by atoms with Crippen LogP contribution in [-0.2, 0) is 6.54 Å². The van der Waals surface area contributed by atoms with Gasteiger partial charge in [0.1, 0.15) is 0 Å². The molecule has 0 amide bonds. The summed E-state index contributed by atoms with van der Waals surface area (Å²) in [6.45, 7) is 6.49. The van der Waals surface area contributed by atoms with Gasteiger partial charge in [-0.1, -0.05) is 17.7 Å². The van der Waals surface area contributed by atoms with Crippen molar-refractivity contribution >= 4 is 17.3 Å². The van der Waals surface area contributed by atoms with Crippen LogP contribution in [0, 0.1) is 0 Å². The van der Waals surface area contributed by atoms with Gasteiger partial charge in [-0.25, -0.2) is 0 Å². The lowest BCUT2D eigenvalue weighted by molar-refractivity contribution is 0.195. The van der Waals surface area contributed by atoms with Crippen molar-refractivity contribution in [3.63, 3.8) is 0 Å². The highest BCUT2D eigenvalue weighted by atomic mass is 35.5. The van der Waals surface area contributed by atoms with Crippen LogP contribution in [0.1, 0.15) is 18.9 Å². The number of rotatable bonds is 2. The van der Waals surface area contributed by atoms with Crippen molar-refractivity contribution in [2.75, 3.05) is 32.4 Å². The van der Waals surface area contributed by atoms with Crippen molar-refractivity contribution in [1.29, 1.82) is 0 Å². The third-order valence-electron chi connectivity index (χ3n) is 3.70. The van der Waals surface area contributed by atoms with Gasteiger partial charge in [-0.3, -0.25) is 4.90 Å². The summed E-state index contributed by atoms with van der Waals surface area (Å²) >= 11 is 6.25. The van der Waals surface area contributed by atoms with Gasteiger partial charge in [0.15, 0.2) is 0 Å². The molecule has 1 aromatic carbocycles. The second-order valence-electron chi connectivity index (χ2n) is 5.24. The van der Waals surface area contributed by atoms with Gasteiger partial charge in [0.25, 0.3) is 0 Å². The largest absolute Gasteiger partial charge is 0.398 e. The molecule has 1 saturated heterocycles. The van der Waals surface area contributed by atoms with E-state index < -0.39 is 0 Å². The normalized spacial score (nSPS) is 22.9. The average Bonchev–Trinajstić information content (AvgIpc) is 2.46. The van der Waals surface area contributed by atoms with E-state index in [0.717, 1.165) is 35.9 Å². The molecule has 18 heavy (non-hydrogen) atoms. The second kappa shape index (κ2) is 5.91. The van der Waals surface area contributed by atoms with E-state index in [2.05, 4.69) is 23.8 Å². The maximum atomic E-state index is 6.25. The van der Waals surface area contributed by atoms with E-state index in [1.165, 1.54) is 13.0 Å². The molecule has 2 rings (SSSR count). The van der Waals surface area contributed by atoms with E-state index in [4.69, 9.17) is 17.3 Å². The van der Waals surface area contributed by atoms with E-state index in [0.29, 0.717) is 6.04 Å². The molecule has 0 saturated carbocycles. The number of likely N-dealkylation sites (N-methyl/N-ethyl adjacent to an activating group) is 1. The Morgan fingerprint density at radius 2 is 2.17 bits per heavy atom. The molecule has 3 nitrogen and oxygen atoms in total. The molecule has 1 atom stereocenters. The first-order chi connectivity index (χ1) is 8.58. The molecule has 1 aliphatic rings. The van der Waals surface area contributed by atoms with Crippen LogP contribution >= 0.6 is 11.6 Å². The summed E-state index contributed by atoms with van der Waals surface area (Å²) in [7, 11) is 2.18. The van der Waals surface area contributed by atoms with Gasteiger partial charge >= 0.3 is 0 Å². The average molecular weight is 268 g/mol. The van der Waals surface area contributed by atoms with Crippen molar-refractivity contribution < 1.29 is 0 Å². The Hall–Kier alpha value is -0.770. The first-order valence-corrected chi connectivity index (χ1v) is 6.91. The Kier molecular flexibility index (Phi) is 4.49. The first-order valence-electron chi connectivity index (χ1n) is 6.53. The zero-order valence-electron chi connectivity index (χ0n) is 11.2. The van der Waals surface area contributed by atoms with E-state index in [1.54, 1.807) is 0 Å². The summed E-state index contributed by atoms with van der Waals surface area (Å²) in [6, 6.07) is 6.28. The van der Waals surface area contributed by atoms with Crippen molar-refractivity contribution in [3.05, 3.63) is 28.8 Å². The fourth-order valence-corrected chi connectivity index (χ4v) is 2.84. The van der Waals surface area contributed by atoms with Crippen molar-refractivity contribution in [3.8, 4) is 0 Å². The third-order valence-corrected chi connectivity index (χ3v) is 4.05. The number of nitrogens with two attached hydrogens (primary N) is 1. The highest BCUT2D eigenvalue weighted by Gasteiger charge is 2.21. The molecular weight excluding hydrogens is 246 g/mol. The van der Waals surface area contributed by atoms with Gasteiger partial charge in [-0.15, -0.1) is 0 Å². The molecule has 0 aliphatic carbocycles. The molecule has 1 fully saturated rings. The first kappa shape index (κ1) is 13.7. The number of benzene rings is 1. The molecule has 4 heteroatoms. The van der Waals surface area contributed by atoms with E-state index in [9.17, 15) is 0 Å². The molecule has 0 bridgehead atoms. The van der Waals surface area contributed by atoms with Crippen LogP contribution in [0.25, 0.3) is 0 Å². The van der Waals surface area contributed by atoms with Crippen molar-refractivity contribution in [2.45, 2.75) is 25.9 Å².